The van der Waals surface area contributed by atoms with Crippen LogP contribution < -0.4 is 0 Å². The van der Waals surface area contributed by atoms with Gasteiger partial charge in [-0.3, -0.25) is 0 Å². The normalized spacial score (nSPS) is 11.1. The Bertz CT molecular complexity index is 257. The summed E-state index contributed by atoms with van der Waals surface area (Å²) in [6.07, 6.45) is 1.66. The Morgan fingerprint density at radius 3 is 2.71 bits per heavy atom. The van der Waals surface area contributed by atoms with Crippen molar-refractivity contribution in [3.05, 3.63) is 12.2 Å². The average Bonchev–Trinajstić information content (AvgIpc) is 2.67. The molecule has 0 saturated carbocycles. The predicted octanol–water partition coefficient (Wildman–Crippen LogP) is 0.112. The maximum absolute atomic E-state index is 8.95. The number of hydrogen-bond donors (Lipinski definition) is 1. The third-order valence-electron chi connectivity index (χ3n) is 2.39. The van der Waals surface area contributed by atoms with Gasteiger partial charge in [0.15, 0.2) is 5.82 Å². The molecule has 14 heavy (non-hydrogen) atoms. The van der Waals surface area contributed by atoms with E-state index < -0.39 is 0 Å². The first-order valence-electron chi connectivity index (χ1n) is 5.01. The number of hydrogen-bond acceptors (Lipinski definition) is 4. The molecule has 0 unspecified atom stereocenters. The molecule has 80 valence electrons. The lowest BCUT2D eigenvalue weighted by molar-refractivity contribution is 0.254. The second-order valence-corrected chi connectivity index (χ2v) is 3.13. The standard InChI is InChI=1S/C9H18N4O/c1-3-12(4-2)5-6-13-8-10-11-9(13)7-14/h8,14H,3-7H2,1-2H3. The highest BCUT2D eigenvalue weighted by Crippen LogP contribution is 1.96. The fraction of sp³-hybridized carbons (Fsp3) is 0.778. The van der Waals surface area contributed by atoms with Crippen LogP contribution in [0.5, 0.6) is 0 Å². The molecule has 0 aromatic carbocycles. The highest BCUT2D eigenvalue weighted by Gasteiger charge is 2.04. The summed E-state index contributed by atoms with van der Waals surface area (Å²) in [7, 11) is 0. The summed E-state index contributed by atoms with van der Waals surface area (Å²) in [5.74, 6) is 0.636. The summed E-state index contributed by atoms with van der Waals surface area (Å²) >= 11 is 0. The van der Waals surface area contributed by atoms with E-state index in [1.54, 1.807) is 6.33 Å². The third kappa shape index (κ3) is 2.78. The van der Waals surface area contributed by atoms with Crippen molar-refractivity contribution in [2.24, 2.45) is 0 Å². The molecule has 0 atom stereocenters. The number of nitrogens with zero attached hydrogens (tertiary/aromatic N) is 4. The highest BCUT2D eigenvalue weighted by atomic mass is 16.3. The Balaban J connectivity index is 2.44. The molecule has 1 heterocycles. The van der Waals surface area contributed by atoms with Crippen molar-refractivity contribution >= 4 is 0 Å². The van der Waals surface area contributed by atoms with E-state index in [1.165, 1.54) is 0 Å². The van der Waals surface area contributed by atoms with Gasteiger partial charge in [-0.05, 0) is 13.1 Å². The largest absolute Gasteiger partial charge is 0.388 e. The van der Waals surface area contributed by atoms with Gasteiger partial charge in [0, 0.05) is 13.1 Å². The first-order chi connectivity index (χ1) is 6.81. The van der Waals surface area contributed by atoms with Gasteiger partial charge in [0.1, 0.15) is 12.9 Å². The maximum Gasteiger partial charge on any atom is 0.158 e. The molecule has 0 saturated heterocycles. The molecular formula is C9H18N4O. The highest BCUT2D eigenvalue weighted by molar-refractivity contribution is 4.82. The number of aliphatic hydroxyl groups excluding tert-OH is 1. The summed E-state index contributed by atoms with van der Waals surface area (Å²) in [5, 5.41) is 16.5. The van der Waals surface area contributed by atoms with Crippen LogP contribution in [0.4, 0.5) is 0 Å². The molecule has 0 fully saturated rings. The zero-order valence-corrected chi connectivity index (χ0v) is 8.85. The van der Waals surface area contributed by atoms with Crippen molar-refractivity contribution in [1.29, 1.82) is 0 Å². The molecule has 0 bridgehead atoms. The van der Waals surface area contributed by atoms with E-state index >= 15 is 0 Å². The van der Waals surface area contributed by atoms with E-state index in [-0.39, 0.29) is 6.61 Å². The first kappa shape index (κ1) is 11.1. The van der Waals surface area contributed by atoms with Crippen LogP contribution in [0.1, 0.15) is 19.7 Å². The van der Waals surface area contributed by atoms with Gasteiger partial charge in [-0.25, -0.2) is 0 Å². The molecule has 5 nitrogen and oxygen atoms in total. The van der Waals surface area contributed by atoms with Gasteiger partial charge >= 0.3 is 0 Å². The molecule has 1 aromatic heterocycles. The second-order valence-electron chi connectivity index (χ2n) is 3.13. The van der Waals surface area contributed by atoms with Crippen LogP contribution in [-0.4, -0.2) is 44.4 Å². The lowest BCUT2D eigenvalue weighted by atomic mass is 10.4. The molecule has 0 aliphatic carbocycles. The van der Waals surface area contributed by atoms with Crippen LogP contribution in [0.3, 0.4) is 0 Å². The van der Waals surface area contributed by atoms with E-state index in [1.807, 2.05) is 4.57 Å². The van der Waals surface area contributed by atoms with Crippen LogP contribution in [-0.2, 0) is 13.2 Å². The van der Waals surface area contributed by atoms with Crippen molar-refractivity contribution in [1.82, 2.24) is 19.7 Å². The summed E-state index contributed by atoms with van der Waals surface area (Å²) in [5.41, 5.74) is 0. The summed E-state index contributed by atoms with van der Waals surface area (Å²) < 4.78 is 1.89. The van der Waals surface area contributed by atoms with Crippen LogP contribution in [0.2, 0.25) is 0 Å². The molecule has 1 aromatic rings. The molecule has 0 aliphatic heterocycles. The van der Waals surface area contributed by atoms with Gasteiger partial charge in [0.2, 0.25) is 0 Å². The van der Waals surface area contributed by atoms with Crippen molar-refractivity contribution in [3.8, 4) is 0 Å². The van der Waals surface area contributed by atoms with Gasteiger partial charge in [-0.1, -0.05) is 13.8 Å². The van der Waals surface area contributed by atoms with Crippen LogP contribution in [0.15, 0.2) is 6.33 Å². The smallest absolute Gasteiger partial charge is 0.158 e. The van der Waals surface area contributed by atoms with Crippen LogP contribution >= 0.6 is 0 Å². The second kappa shape index (κ2) is 5.72. The Morgan fingerprint density at radius 2 is 2.14 bits per heavy atom. The SMILES string of the molecule is CCN(CC)CCn1cnnc1CO. The average molecular weight is 198 g/mol. The minimum Gasteiger partial charge on any atom is -0.388 e. The molecule has 0 radical (unpaired) electrons. The Kier molecular flexibility index (Phi) is 4.55. The molecule has 1 rings (SSSR count). The summed E-state index contributed by atoms with van der Waals surface area (Å²) in [6.45, 7) is 8.15. The number of likely N-dealkylation sites (N-methyl/N-ethyl adjacent to an activating group) is 1. The monoisotopic (exact) mass is 198 g/mol. The van der Waals surface area contributed by atoms with Crippen molar-refractivity contribution in [2.45, 2.75) is 27.0 Å². The first-order valence-corrected chi connectivity index (χ1v) is 5.01. The number of aromatic nitrogens is 3. The Morgan fingerprint density at radius 1 is 1.43 bits per heavy atom. The molecule has 0 amide bonds. The fourth-order valence-electron chi connectivity index (χ4n) is 1.38. The van der Waals surface area contributed by atoms with Crippen molar-refractivity contribution < 1.29 is 5.11 Å². The van der Waals surface area contributed by atoms with E-state index in [2.05, 4.69) is 28.9 Å². The summed E-state index contributed by atoms with van der Waals surface area (Å²) in [4.78, 5) is 2.32. The van der Waals surface area contributed by atoms with Gasteiger partial charge in [-0.15, -0.1) is 10.2 Å². The van der Waals surface area contributed by atoms with E-state index in [0.29, 0.717) is 5.82 Å². The molecular weight excluding hydrogens is 180 g/mol. The molecule has 0 aliphatic rings. The van der Waals surface area contributed by atoms with Crippen LogP contribution in [0.25, 0.3) is 0 Å². The minimum absolute atomic E-state index is 0.0434. The number of rotatable bonds is 6. The van der Waals surface area contributed by atoms with Crippen molar-refractivity contribution in [3.63, 3.8) is 0 Å². The van der Waals surface area contributed by atoms with Crippen molar-refractivity contribution in [2.75, 3.05) is 19.6 Å². The lowest BCUT2D eigenvalue weighted by Gasteiger charge is -2.18. The quantitative estimate of drug-likeness (QED) is 0.705. The molecule has 0 spiro atoms. The zero-order valence-electron chi connectivity index (χ0n) is 8.85. The van der Waals surface area contributed by atoms with Gasteiger partial charge in [-0.2, -0.15) is 0 Å². The maximum atomic E-state index is 8.95. The molecule has 5 heteroatoms. The van der Waals surface area contributed by atoms with Gasteiger partial charge in [0.05, 0.1) is 0 Å². The van der Waals surface area contributed by atoms with E-state index in [9.17, 15) is 0 Å². The lowest BCUT2D eigenvalue weighted by Crippen LogP contribution is -2.27. The van der Waals surface area contributed by atoms with E-state index in [0.717, 1.165) is 26.2 Å². The Hall–Kier alpha value is -0.940. The zero-order chi connectivity index (χ0) is 10.4. The predicted molar refractivity (Wildman–Crippen MR) is 53.7 cm³/mol. The minimum atomic E-state index is -0.0434. The fourth-order valence-corrected chi connectivity index (χ4v) is 1.38. The molecule has 1 N–H and O–H groups in total. The third-order valence-corrected chi connectivity index (χ3v) is 2.39. The number of aliphatic hydroxyl groups is 1. The van der Waals surface area contributed by atoms with Gasteiger partial charge < -0.3 is 14.6 Å². The van der Waals surface area contributed by atoms with E-state index in [4.69, 9.17) is 5.11 Å². The topological polar surface area (TPSA) is 54.2 Å². The summed E-state index contributed by atoms with van der Waals surface area (Å²) in [6, 6.07) is 0. The Labute approximate surface area is 84.4 Å². The van der Waals surface area contributed by atoms with Gasteiger partial charge in [0.25, 0.3) is 0 Å². The van der Waals surface area contributed by atoms with Crippen LogP contribution in [0, 0.1) is 0 Å².